The Labute approximate surface area is 124 Å². The SMILES string of the molecule is CCOC(=O)C(C)(C)n1cc(Br)c2c(Cl)ncnc21. The summed E-state index contributed by atoms with van der Waals surface area (Å²) in [6.07, 6.45) is 3.14. The van der Waals surface area contributed by atoms with Gasteiger partial charge < -0.3 is 9.30 Å². The van der Waals surface area contributed by atoms with E-state index in [0.717, 1.165) is 4.47 Å². The molecule has 5 nitrogen and oxygen atoms in total. The van der Waals surface area contributed by atoms with Gasteiger partial charge in [0, 0.05) is 10.7 Å². The molecular weight excluding hydrogens is 334 g/mol. The number of nitrogens with zero attached hydrogens (tertiary/aromatic N) is 3. The number of halogens is 2. The number of hydrogen-bond donors (Lipinski definition) is 0. The van der Waals surface area contributed by atoms with Crippen molar-refractivity contribution in [3.8, 4) is 0 Å². The summed E-state index contributed by atoms with van der Waals surface area (Å²) in [5.41, 5.74) is -0.289. The first kappa shape index (κ1) is 14.3. The first-order chi connectivity index (χ1) is 8.89. The molecule has 102 valence electrons. The maximum absolute atomic E-state index is 12.1. The smallest absolute Gasteiger partial charge is 0.331 e. The molecule has 0 unspecified atom stereocenters. The van der Waals surface area contributed by atoms with Gasteiger partial charge in [0.15, 0.2) is 0 Å². The normalized spacial score (nSPS) is 11.8. The Morgan fingerprint density at radius 2 is 2.21 bits per heavy atom. The number of carbonyl (C=O) groups excluding carboxylic acids is 1. The molecule has 0 N–H and O–H groups in total. The monoisotopic (exact) mass is 345 g/mol. The molecule has 0 amide bonds. The van der Waals surface area contributed by atoms with E-state index in [4.69, 9.17) is 16.3 Å². The molecule has 0 fully saturated rings. The summed E-state index contributed by atoms with van der Waals surface area (Å²) >= 11 is 9.47. The second kappa shape index (κ2) is 5.09. The largest absolute Gasteiger partial charge is 0.464 e. The molecule has 2 rings (SSSR count). The summed E-state index contributed by atoms with van der Waals surface area (Å²) in [7, 11) is 0. The number of hydrogen-bond acceptors (Lipinski definition) is 4. The summed E-state index contributed by atoms with van der Waals surface area (Å²) in [5, 5.41) is 1.02. The molecule has 0 atom stereocenters. The second-order valence-corrected chi connectivity index (χ2v) is 5.70. The van der Waals surface area contributed by atoms with E-state index in [1.165, 1.54) is 6.33 Å². The number of fused-ring (bicyclic) bond motifs is 1. The summed E-state index contributed by atoms with van der Waals surface area (Å²) in [4.78, 5) is 20.2. The molecule has 0 aliphatic heterocycles. The Morgan fingerprint density at radius 3 is 2.84 bits per heavy atom. The highest BCUT2D eigenvalue weighted by Gasteiger charge is 2.33. The van der Waals surface area contributed by atoms with Crippen molar-refractivity contribution >= 4 is 44.5 Å². The Kier molecular flexibility index (Phi) is 3.82. The standard InChI is InChI=1S/C12H13BrClN3O2/c1-4-19-11(18)12(2,3)17-5-7(13)8-9(14)15-6-16-10(8)17/h5-6H,4H2,1-3H3. The van der Waals surface area contributed by atoms with Gasteiger partial charge in [-0.1, -0.05) is 11.6 Å². The van der Waals surface area contributed by atoms with E-state index in [0.29, 0.717) is 22.8 Å². The molecule has 0 radical (unpaired) electrons. The average molecular weight is 347 g/mol. The molecule has 0 spiro atoms. The van der Waals surface area contributed by atoms with Gasteiger partial charge in [0.2, 0.25) is 0 Å². The lowest BCUT2D eigenvalue weighted by molar-refractivity contribution is -0.152. The van der Waals surface area contributed by atoms with Crippen LogP contribution in [0.2, 0.25) is 5.15 Å². The van der Waals surface area contributed by atoms with Crippen LogP contribution in [0.3, 0.4) is 0 Å². The van der Waals surface area contributed by atoms with Crippen molar-refractivity contribution in [3.63, 3.8) is 0 Å². The average Bonchev–Trinajstić information content (AvgIpc) is 2.69. The lowest BCUT2D eigenvalue weighted by Crippen LogP contribution is -2.37. The summed E-state index contributed by atoms with van der Waals surface area (Å²) < 4.78 is 7.57. The predicted molar refractivity (Wildman–Crippen MR) is 76.2 cm³/mol. The fourth-order valence-electron chi connectivity index (χ4n) is 1.81. The van der Waals surface area contributed by atoms with Gasteiger partial charge in [0.05, 0.1) is 12.0 Å². The molecule has 19 heavy (non-hydrogen) atoms. The molecule has 7 heteroatoms. The number of aromatic nitrogens is 3. The van der Waals surface area contributed by atoms with Gasteiger partial charge in [-0.2, -0.15) is 0 Å². The lowest BCUT2D eigenvalue weighted by atomic mass is 10.1. The molecular formula is C12H13BrClN3O2. The number of ether oxygens (including phenoxy) is 1. The molecule has 2 aromatic heterocycles. The quantitative estimate of drug-likeness (QED) is 0.633. The zero-order valence-electron chi connectivity index (χ0n) is 10.8. The van der Waals surface area contributed by atoms with Crippen LogP contribution >= 0.6 is 27.5 Å². The predicted octanol–water partition coefficient (Wildman–Crippen LogP) is 3.15. The molecule has 0 aromatic carbocycles. The van der Waals surface area contributed by atoms with Crippen molar-refractivity contribution in [2.45, 2.75) is 26.3 Å². The van der Waals surface area contributed by atoms with Gasteiger partial charge >= 0.3 is 5.97 Å². The third-order valence-electron chi connectivity index (χ3n) is 2.87. The van der Waals surface area contributed by atoms with Crippen LogP contribution in [0, 0.1) is 0 Å². The van der Waals surface area contributed by atoms with Crippen LogP contribution in [0.15, 0.2) is 17.0 Å². The van der Waals surface area contributed by atoms with E-state index >= 15 is 0 Å². The highest BCUT2D eigenvalue weighted by atomic mass is 79.9. The zero-order chi connectivity index (χ0) is 14.2. The van der Waals surface area contributed by atoms with Gasteiger partial charge in [-0.3, -0.25) is 0 Å². The minimum absolute atomic E-state index is 0.325. The van der Waals surface area contributed by atoms with Crippen LogP contribution in [0.25, 0.3) is 11.0 Å². The van der Waals surface area contributed by atoms with Crippen LogP contribution in [0.4, 0.5) is 0 Å². The van der Waals surface area contributed by atoms with Gasteiger partial charge in [0.1, 0.15) is 22.7 Å². The van der Waals surface area contributed by atoms with Crippen LogP contribution in [-0.2, 0) is 15.1 Å². The van der Waals surface area contributed by atoms with Gasteiger partial charge in [-0.25, -0.2) is 14.8 Å². The van der Waals surface area contributed by atoms with E-state index in [2.05, 4.69) is 25.9 Å². The van der Waals surface area contributed by atoms with Crippen LogP contribution < -0.4 is 0 Å². The number of rotatable bonds is 3. The third kappa shape index (κ3) is 2.34. The van der Waals surface area contributed by atoms with Crippen molar-refractivity contribution in [1.29, 1.82) is 0 Å². The molecule has 2 heterocycles. The Balaban J connectivity index is 2.63. The van der Waals surface area contributed by atoms with Crippen LogP contribution in [0.5, 0.6) is 0 Å². The van der Waals surface area contributed by atoms with E-state index in [1.54, 1.807) is 31.5 Å². The third-order valence-corrected chi connectivity index (χ3v) is 3.76. The highest BCUT2D eigenvalue weighted by Crippen LogP contribution is 2.33. The van der Waals surface area contributed by atoms with Crippen molar-refractivity contribution < 1.29 is 9.53 Å². The summed E-state index contributed by atoms with van der Waals surface area (Å²) in [6.45, 7) is 5.65. The maximum atomic E-state index is 12.1. The molecule has 0 aliphatic rings. The van der Waals surface area contributed by atoms with Crippen LogP contribution in [-0.4, -0.2) is 27.1 Å². The van der Waals surface area contributed by atoms with Crippen molar-refractivity contribution in [3.05, 3.63) is 22.1 Å². The molecule has 0 saturated heterocycles. The van der Waals surface area contributed by atoms with Gasteiger partial charge in [-0.15, -0.1) is 0 Å². The number of carbonyl (C=O) groups is 1. The van der Waals surface area contributed by atoms with Crippen molar-refractivity contribution in [2.75, 3.05) is 6.61 Å². The fourth-order valence-corrected chi connectivity index (χ4v) is 2.73. The second-order valence-electron chi connectivity index (χ2n) is 4.49. The molecule has 0 saturated carbocycles. The fraction of sp³-hybridized carbons (Fsp3) is 0.417. The molecule has 2 aromatic rings. The summed E-state index contributed by atoms with van der Waals surface area (Å²) in [5.74, 6) is -0.325. The Morgan fingerprint density at radius 1 is 1.53 bits per heavy atom. The molecule has 0 aliphatic carbocycles. The zero-order valence-corrected chi connectivity index (χ0v) is 13.1. The van der Waals surface area contributed by atoms with Crippen molar-refractivity contribution in [2.24, 2.45) is 0 Å². The Bertz CT molecular complexity index is 639. The summed E-state index contributed by atoms with van der Waals surface area (Å²) in [6, 6.07) is 0. The van der Waals surface area contributed by atoms with Gasteiger partial charge in [0.25, 0.3) is 0 Å². The van der Waals surface area contributed by atoms with E-state index in [9.17, 15) is 4.79 Å². The Hall–Kier alpha value is -1.14. The maximum Gasteiger partial charge on any atom is 0.331 e. The van der Waals surface area contributed by atoms with Gasteiger partial charge in [-0.05, 0) is 36.7 Å². The van der Waals surface area contributed by atoms with Crippen LogP contribution in [0.1, 0.15) is 20.8 Å². The lowest BCUT2D eigenvalue weighted by Gasteiger charge is -2.24. The minimum atomic E-state index is -0.877. The van der Waals surface area contributed by atoms with E-state index < -0.39 is 5.54 Å². The van der Waals surface area contributed by atoms with Crippen molar-refractivity contribution in [1.82, 2.24) is 14.5 Å². The van der Waals surface area contributed by atoms with E-state index in [1.807, 2.05) is 0 Å². The highest BCUT2D eigenvalue weighted by molar-refractivity contribution is 9.10. The van der Waals surface area contributed by atoms with E-state index in [-0.39, 0.29) is 5.97 Å². The minimum Gasteiger partial charge on any atom is -0.464 e. The first-order valence-corrected chi connectivity index (χ1v) is 6.91. The topological polar surface area (TPSA) is 57.0 Å². The number of esters is 1. The molecule has 0 bridgehead atoms. The first-order valence-electron chi connectivity index (χ1n) is 5.74.